The van der Waals surface area contributed by atoms with Crippen LogP contribution in [0.25, 0.3) is 0 Å². The number of hydrogen-bond acceptors (Lipinski definition) is 2. The monoisotopic (exact) mass is 237 g/mol. The highest BCUT2D eigenvalue weighted by molar-refractivity contribution is 7.10. The summed E-state index contributed by atoms with van der Waals surface area (Å²) < 4.78 is 0. The zero-order chi connectivity index (χ0) is 11.8. The van der Waals surface area contributed by atoms with Gasteiger partial charge in [-0.25, -0.2) is 0 Å². The Bertz CT molecular complexity index is 353. The van der Waals surface area contributed by atoms with E-state index in [0.717, 1.165) is 12.5 Å². The van der Waals surface area contributed by atoms with Gasteiger partial charge in [0.05, 0.1) is 0 Å². The second-order valence-corrected chi connectivity index (χ2v) is 6.65. The molecule has 0 amide bonds. The Labute approximate surface area is 103 Å². The van der Waals surface area contributed by atoms with Crippen molar-refractivity contribution in [3.63, 3.8) is 0 Å². The molecular weight excluding hydrogens is 214 g/mol. The molecule has 1 aliphatic rings. The van der Waals surface area contributed by atoms with Crippen molar-refractivity contribution in [1.82, 2.24) is 5.32 Å². The molecule has 0 spiro atoms. The van der Waals surface area contributed by atoms with Crippen molar-refractivity contribution in [2.75, 3.05) is 6.54 Å². The van der Waals surface area contributed by atoms with Crippen molar-refractivity contribution in [1.29, 1.82) is 0 Å². The quantitative estimate of drug-likeness (QED) is 0.811. The van der Waals surface area contributed by atoms with E-state index in [4.69, 9.17) is 0 Å². The predicted molar refractivity (Wildman–Crippen MR) is 72.0 cm³/mol. The molecule has 1 heterocycles. The van der Waals surface area contributed by atoms with E-state index in [1.807, 2.05) is 11.3 Å². The van der Waals surface area contributed by atoms with Gasteiger partial charge in [0.15, 0.2) is 0 Å². The van der Waals surface area contributed by atoms with Crippen LogP contribution in [0.4, 0.5) is 0 Å². The number of hydrogen-bond donors (Lipinski definition) is 1. The fourth-order valence-electron chi connectivity index (χ4n) is 2.50. The van der Waals surface area contributed by atoms with Gasteiger partial charge in [0.1, 0.15) is 0 Å². The van der Waals surface area contributed by atoms with E-state index in [2.05, 4.69) is 44.5 Å². The Morgan fingerprint density at radius 3 is 2.69 bits per heavy atom. The average Bonchev–Trinajstić information content (AvgIpc) is 2.65. The summed E-state index contributed by atoms with van der Waals surface area (Å²) in [6.45, 7) is 10.4. The molecule has 1 aliphatic carbocycles. The Balaban J connectivity index is 2.13. The minimum absolute atomic E-state index is 0.543. The van der Waals surface area contributed by atoms with Gasteiger partial charge in [0, 0.05) is 10.9 Å². The first-order valence-electron chi connectivity index (χ1n) is 6.33. The molecule has 0 bridgehead atoms. The van der Waals surface area contributed by atoms with Gasteiger partial charge in [0.25, 0.3) is 0 Å². The van der Waals surface area contributed by atoms with Crippen LogP contribution in [-0.4, -0.2) is 6.54 Å². The average molecular weight is 237 g/mol. The van der Waals surface area contributed by atoms with Crippen molar-refractivity contribution in [2.24, 2.45) is 11.3 Å². The van der Waals surface area contributed by atoms with E-state index in [0.29, 0.717) is 11.5 Å². The molecular formula is C14H23NS. The number of rotatable bonds is 5. The summed E-state index contributed by atoms with van der Waals surface area (Å²) in [5.41, 5.74) is 2.00. The van der Waals surface area contributed by atoms with Crippen LogP contribution in [0.1, 0.15) is 50.1 Å². The smallest absolute Gasteiger partial charge is 0.0451 e. The molecule has 2 unspecified atom stereocenters. The number of nitrogens with one attached hydrogen (secondary N) is 1. The molecule has 1 aromatic rings. The summed E-state index contributed by atoms with van der Waals surface area (Å²) in [5, 5.41) is 5.96. The van der Waals surface area contributed by atoms with E-state index in [1.54, 1.807) is 4.88 Å². The SMILES string of the molecule is CCCNC(c1sccc1C)C1CC1(C)C. The number of aryl methyl sites for hydroxylation is 1. The highest BCUT2D eigenvalue weighted by Crippen LogP contribution is 2.58. The van der Waals surface area contributed by atoms with Gasteiger partial charge in [-0.2, -0.15) is 0 Å². The zero-order valence-electron chi connectivity index (χ0n) is 10.8. The lowest BCUT2D eigenvalue weighted by atomic mass is 10.0. The molecule has 2 atom stereocenters. The Hall–Kier alpha value is -0.340. The Kier molecular flexibility index (Phi) is 3.41. The predicted octanol–water partition coefficient (Wildman–Crippen LogP) is 4.14. The largest absolute Gasteiger partial charge is 0.309 e. The second kappa shape index (κ2) is 4.50. The van der Waals surface area contributed by atoms with Crippen LogP contribution in [0.3, 0.4) is 0 Å². The van der Waals surface area contributed by atoms with Crippen LogP contribution >= 0.6 is 11.3 Å². The first-order valence-corrected chi connectivity index (χ1v) is 7.21. The van der Waals surface area contributed by atoms with Crippen molar-refractivity contribution >= 4 is 11.3 Å². The molecule has 0 radical (unpaired) electrons. The molecule has 1 aromatic heterocycles. The minimum Gasteiger partial charge on any atom is -0.309 e. The van der Waals surface area contributed by atoms with Crippen LogP contribution < -0.4 is 5.32 Å². The molecule has 0 aromatic carbocycles. The summed E-state index contributed by atoms with van der Waals surface area (Å²) in [4.78, 5) is 1.56. The van der Waals surface area contributed by atoms with Crippen LogP contribution in [0.5, 0.6) is 0 Å². The van der Waals surface area contributed by atoms with Crippen LogP contribution in [0, 0.1) is 18.3 Å². The summed E-state index contributed by atoms with van der Waals surface area (Å²) in [5.74, 6) is 0.830. The molecule has 0 aliphatic heterocycles. The second-order valence-electron chi connectivity index (χ2n) is 5.70. The maximum absolute atomic E-state index is 3.74. The lowest BCUT2D eigenvalue weighted by molar-refractivity contribution is 0.420. The van der Waals surface area contributed by atoms with Crippen molar-refractivity contribution in [3.05, 3.63) is 21.9 Å². The maximum atomic E-state index is 3.74. The van der Waals surface area contributed by atoms with Gasteiger partial charge in [-0.3, -0.25) is 0 Å². The van der Waals surface area contributed by atoms with Crippen molar-refractivity contribution < 1.29 is 0 Å². The summed E-state index contributed by atoms with van der Waals surface area (Å²) in [7, 11) is 0. The molecule has 16 heavy (non-hydrogen) atoms. The van der Waals surface area contributed by atoms with Gasteiger partial charge in [-0.05, 0) is 54.7 Å². The summed E-state index contributed by atoms with van der Waals surface area (Å²) >= 11 is 1.91. The molecule has 2 rings (SSSR count). The van der Waals surface area contributed by atoms with Crippen LogP contribution in [-0.2, 0) is 0 Å². The van der Waals surface area contributed by atoms with Gasteiger partial charge in [-0.15, -0.1) is 11.3 Å². The lowest BCUT2D eigenvalue weighted by Crippen LogP contribution is -2.25. The molecule has 1 saturated carbocycles. The van der Waals surface area contributed by atoms with E-state index < -0.39 is 0 Å². The Morgan fingerprint density at radius 2 is 2.25 bits per heavy atom. The lowest BCUT2D eigenvalue weighted by Gasteiger charge is -2.20. The van der Waals surface area contributed by atoms with Gasteiger partial charge < -0.3 is 5.32 Å². The summed E-state index contributed by atoms with van der Waals surface area (Å²) in [6.07, 6.45) is 2.58. The Morgan fingerprint density at radius 1 is 1.56 bits per heavy atom. The number of thiophene rings is 1. The molecule has 2 heteroatoms. The third kappa shape index (κ3) is 2.33. The molecule has 0 saturated heterocycles. The first kappa shape index (κ1) is 12.1. The molecule has 90 valence electrons. The van der Waals surface area contributed by atoms with Crippen molar-refractivity contribution in [2.45, 2.75) is 46.6 Å². The van der Waals surface area contributed by atoms with Crippen LogP contribution in [0.2, 0.25) is 0 Å². The van der Waals surface area contributed by atoms with E-state index in [1.165, 1.54) is 18.4 Å². The zero-order valence-corrected chi connectivity index (χ0v) is 11.7. The van der Waals surface area contributed by atoms with E-state index >= 15 is 0 Å². The maximum Gasteiger partial charge on any atom is 0.0451 e. The van der Waals surface area contributed by atoms with Gasteiger partial charge in [0.2, 0.25) is 0 Å². The third-order valence-electron chi connectivity index (χ3n) is 3.79. The fraction of sp³-hybridized carbons (Fsp3) is 0.714. The standard InChI is InChI=1S/C14H23NS/c1-5-7-15-12(11-9-14(11,3)4)13-10(2)6-8-16-13/h6,8,11-12,15H,5,7,9H2,1-4H3. The van der Waals surface area contributed by atoms with Crippen LogP contribution in [0.15, 0.2) is 11.4 Å². The highest BCUT2D eigenvalue weighted by Gasteiger charge is 2.50. The fourth-order valence-corrected chi connectivity index (χ4v) is 3.56. The normalized spacial score (nSPS) is 24.4. The van der Waals surface area contributed by atoms with Gasteiger partial charge in [-0.1, -0.05) is 20.8 Å². The van der Waals surface area contributed by atoms with Gasteiger partial charge >= 0.3 is 0 Å². The topological polar surface area (TPSA) is 12.0 Å². The highest BCUT2D eigenvalue weighted by atomic mass is 32.1. The first-order chi connectivity index (χ1) is 7.56. The molecule has 1 fully saturated rings. The molecule has 1 nitrogen and oxygen atoms in total. The minimum atomic E-state index is 0.543. The van der Waals surface area contributed by atoms with E-state index in [-0.39, 0.29) is 0 Å². The van der Waals surface area contributed by atoms with E-state index in [9.17, 15) is 0 Å². The third-order valence-corrected chi connectivity index (χ3v) is 4.89. The molecule has 1 N–H and O–H groups in total. The van der Waals surface area contributed by atoms with Crippen molar-refractivity contribution in [3.8, 4) is 0 Å². The summed E-state index contributed by atoms with van der Waals surface area (Å²) in [6, 6.07) is 2.84.